The Morgan fingerprint density at radius 2 is 1.84 bits per heavy atom. The Kier molecular flexibility index (Phi) is 12.1. The smallest absolute Gasteiger partial charge is 0.338 e. The number of amides is 2. The Balaban J connectivity index is 2.96. The molecule has 0 saturated heterocycles. The molecular weight excluding hydrogens is 508 g/mol. The fourth-order valence-electron chi connectivity index (χ4n) is 3.22. The third-order valence-corrected chi connectivity index (χ3v) is 6.53. The zero-order chi connectivity index (χ0) is 28.2. The van der Waals surface area contributed by atoms with Crippen molar-refractivity contribution >= 4 is 45.9 Å². The van der Waals surface area contributed by atoms with Gasteiger partial charge in [-0.1, -0.05) is 12.1 Å². The summed E-state index contributed by atoms with van der Waals surface area (Å²) in [5.41, 5.74) is 15.9. The van der Waals surface area contributed by atoms with Crippen LogP contribution in [0.1, 0.15) is 31.2 Å². The van der Waals surface area contributed by atoms with Crippen LogP contribution in [0.4, 0.5) is 0 Å². The normalized spacial score (nSPS) is 12.6. The van der Waals surface area contributed by atoms with Crippen LogP contribution < -0.4 is 32.2 Å². The van der Waals surface area contributed by atoms with E-state index < -0.39 is 65.1 Å². The first kappa shape index (κ1) is 31.0. The number of sulfonamides is 1. The van der Waals surface area contributed by atoms with Crippen LogP contribution in [0.5, 0.6) is 0 Å². The number of carbonyl (C=O) groups is 4. The number of aldehydes is 1. The number of nitrogens with zero attached hydrogens (tertiary/aromatic N) is 1. The standard InChI is InChI=1S/C21H32N8O7S/c1-29(11-17(31)27-13(12-30)5-4-10-26-21(24)25)20(34)15(8-9-18(32)33)28-37(35,36)16-7-3-2-6-14(16)19(22)23/h2-3,6-7,12-13,15,28H,4-5,8-11H2,1H3,(H3,22,23)(H,27,31)(H,32,33)(H4,24,25,26)/p+1. The number of nitrogens with one attached hydrogen (secondary N) is 4. The Hall–Kier alpha value is -4.05. The average molecular weight is 542 g/mol. The Morgan fingerprint density at radius 1 is 1.19 bits per heavy atom. The van der Waals surface area contributed by atoms with E-state index in [1.165, 1.54) is 31.3 Å². The quantitative estimate of drug-likeness (QED) is 0.0432. The molecule has 0 aromatic heterocycles. The maximum atomic E-state index is 13.0. The molecule has 2 amide bonds. The number of hydrogen-bond acceptors (Lipinski definition) is 7. The van der Waals surface area contributed by atoms with E-state index in [9.17, 15) is 27.6 Å². The van der Waals surface area contributed by atoms with Gasteiger partial charge < -0.3 is 25.9 Å². The molecule has 0 aliphatic heterocycles. The number of nitrogen functional groups attached to an aromatic ring is 1. The van der Waals surface area contributed by atoms with Crippen LogP contribution >= 0.6 is 0 Å². The number of benzene rings is 1. The third kappa shape index (κ3) is 10.6. The summed E-state index contributed by atoms with van der Waals surface area (Å²) in [6.45, 7) is -0.153. The summed E-state index contributed by atoms with van der Waals surface area (Å²) in [7, 11) is -3.19. The molecule has 1 aromatic rings. The van der Waals surface area contributed by atoms with Gasteiger partial charge in [0.05, 0.1) is 24.0 Å². The van der Waals surface area contributed by atoms with Gasteiger partial charge in [0.2, 0.25) is 21.8 Å². The Labute approximate surface area is 214 Å². The van der Waals surface area contributed by atoms with Crippen molar-refractivity contribution in [2.75, 3.05) is 20.1 Å². The molecule has 0 fully saturated rings. The molecule has 1 aromatic carbocycles. The van der Waals surface area contributed by atoms with E-state index in [-0.39, 0.29) is 22.8 Å². The fourth-order valence-corrected chi connectivity index (χ4v) is 4.66. The molecule has 0 saturated carbocycles. The first-order chi connectivity index (χ1) is 17.3. The van der Waals surface area contributed by atoms with Gasteiger partial charge in [-0.2, -0.15) is 4.72 Å². The van der Waals surface area contributed by atoms with Crippen molar-refractivity contribution in [1.82, 2.24) is 14.9 Å². The number of rotatable bonds is 16. The third-order valence-electron chi connectivity index (χ3n) is 5.00. The number of carbonyl (C=O) groups excluding carboxylic acids is 3. The summed E-state index contributed by atoms with van der Waals surface area (Å²) in [6, 6.07) is 2.98. The molecule has 204 valence electrons. The molecule has 2 atom stereocenters. The second-order valence-corrected chi connectivity index (χ2v) is 9.73. The van der Waals surface area contributed by atoms with Crippen LogP contribution in [-0.4, -0.2) is 86.5 Å². The van der Waals surface area contributed by atoms with E-state index in [4.69, 9.17) is 27.7 Å². The van der Waals surface area contributed by atoms with E-state index in [1.807, 2.05) is 0 Å². The number of aliphatic carboxylic acids is 1. The lowest BCUT2D eigenvalue weighted by molar-refractivity contribution is -0.459. The molecule has 1 rings (SSSR count). The van der Waals surface area contributed by atoms with Gasteiger partial charge >= 0.3 is 11.9 Å². The van der Waals surface area contributed by atoms with Gasteiger partial charge in [0, 0.05) is 19.0 Å². The van der Waals surface area contributed by atoms with E-state index in [1.54, 1.807) is 0 Å². The van der Waals surface area contributed by atoms with Crippen molar-refractivity contribution in [3.8, 4) is 0 Å². The largest absolute Gasteiger partial charge is 0.481 e. The van der Waals surface area contributed by atoms with Crippen LogP contribution in [0.15, 0.2) is 29.2 Å². The minimum absolute atomic E-state index is 0.0182. The first-order valence-corrected chi connectivity index (χ1v) is 12.6. The molecule has 0 heterocycles. The van der Waals surface area contributed by atoms with E-state index in [2.05, 4.69) is 15.0 Å². The van der Waals surface area contributed by atoms with Gasteiger partial charge in [-0.3, -0.25) is 36.3 Å². The van der Waals surface area contributed by atoms with Gasteiger partial charge in [0.1, 0.15) is 18.2 Å². The van der Waals surface area contributed by atoms with Crippen LogP contribution in [0.3, 0.4) is 0 Å². The molecule has 0 aliphatic carbocycles. The summed E-state index contributed by atoms with van der Waals surface area (Å²) in [6.07, 6.45) is 0.304. The summed E-state index contributed by atoms with van der Waals surface area (Å²) >= 11 is 0. The van der Waals surface area contributed by atoms with E-state index in [0.29, 0.717) is 19.3 Å². The second kappa shape index (κ2) is 14.5. The molecule has 0 spiro atoms. The minimum Gasteiger partial charge on any atom is -0.481 e. The van der Waals surface area contributed by atoms with E-state index in [0.717, 1.165) is 4.90 Å². The van der Waals surface area contributed by atoms with Gasteiger partial charge in [-0.15, -0.1) is 0 Å². The number of carboxylic acids is 1. The molecular formula is C21H33N8O7S+. The lowest BCUT2D eigenvalue weighted by Crippen LogP contribution is -2.78. The lowest BCUT2D eigenvalue weighted by Gasteiger charge is -2.25. The number of amidine groups is 1. The van der Waals surface area contributed by atoms with Gasteiger partial charge in [0.25, 0.3) is 0 Å². The van der Waals surface area contributed by atoms with Crippen molar-refractivity contribution in [3.63, 3.8) is 0 Å². The highest BCUT2D eigenvalue weighted by Crippen LogP contribution is 2.16. The lowest BCUT2D eigenvalue weighted by atomic mass is 10.1. The molecule has 37 heavy (non-hydrogen) atoms. The number of carboxylic acid groups (broad SMARTS) is 1. The van der Waals surface area contributed by atoms with Gasteiger partial charge in [0.15, 0.2) is 0 Å². The highest BCUT2D eigenvalue weighted by atomic mass is 32.2. The first-order valence-electron chi connectivity index (χ1n) is 11.1. The summed E-state index contributed by atoms with van der Waals surface area (Å²) in [4.78, 5) is 51.0. The number of nitrogens with two attached hydrogens (primary N) is 3. The molecule has 11 N–H and O–H groups in total. The Morgan fingerprint density at radius 3 is 2.41 bits per heavy atom. The fraction of sp³-hybridized carbons (Fsp3) is 0.429. The monoisotopic (exact) mass is 541 g/mol. The van der Waals surface area contributed by atoms with Crippen molar-refractivity contribution < 1.29 is 37.7 Å². The predicted octanol–water partition coefficient (Wildman–Crippen LogP) is -4.24. The predicted molar refractivity (Wildman–Crippen MR) is 133 cm³/mol. The van der Waals surface area contributed by atoms with Crippen molar-refractivity contribution in [2.24, 2.45) is 17.2 Å². The van der Waals surface area contributed by atoms with Crippen molar-refractivity contribution in [2.45, 2.75) is 42.7 Å². The number of hydrogen-bond donors (Lipinski definition) is 8. The number of guanidine groups is 1. The summed E-state index contributed by atoms with van der Waals surface area (Å²) in [5.74, 6) is -3.33. The SMILES string of the molecule is CN(CC(=O)NC(C=O)CCC[NH+]=C(N)N)C(=O)C(CCC(=O)O)NS(=O)(=O)c1ccccc1C(=N)N. The summed E-state index contributed by atoms with van der Waals surface area (Å²) in [5, 5.41) is 19.1. The van der Waals surface area contributed by atoms with E-state index >= 15 is 0 Å². The van der Waals surface area contributed by atoms with Crippen LogP contribution in [0, 0.1) is 5.41 Å². The second-order valence-electron chi connectivity index (χ2n) is 8.04. The van der Waals surface area contributed by atoms with Crippen LogP contribution in [0.25, 0.3) is 0 Å². The Bertz CT molecular complexity index is 1140. The maximum absolute atomic E-state index is 13.0. The maximum Gasteiger partial charge on any atom is 0.338 e. The van der Waals surface area contributed by atoms with Crippen molar-refractivity contribution in [3.05, 3.63) is 29.8 Å². The minimum atomic E-state index is -4.42. The van der Waals surface area contributed by atoms with Gasteiger partial charge in [-0.25, -0.2) is 8.42 Å². The number of likely N-dealkylation sites (N-methyl/N-ethyl adjacent to an activating group) is 1. The highest BCUT2D eigenvalue weighted by Gasteiger charge is 2.31. The van der Waals surface area contributed by atoms with Crippen LogP contribution in [-0.2, 0) is 29.2 Å². The highest BCUT2D eigenvalue weighted by molar-refractivity contribution is 7.89. The zero-order valence-electron chi connectivity index (χ0n) is 20.3. The molecule has 15 nitrogen and oxygen atoms in total. The molecule has 0 bridgehead atoms. The van der Waals surface area contributed by atoms with Crippen molar-refractivity contribution in [1.29, 1.82) is 5.41 Å². The average Bonchev–Trinajstić information content (AvgIpc) is 2.82. The molecule has 0 aliphatic rings. The topological polar surface area (TPSA) is 266 Å². The molecule has 16 heteroatoms. The zero-order valence-corrected chi connectivity index (χ0v) is 21.1. The summed E-state index contributed by atoms with van der Waals surface area (Å²) < 4.78 is 28.1. The molecule has 2 unspecified atom stereocenters. The van der Waals surface area contributed by atoms with Crippen LogP contribution in [0.2, 0.25) is 0 Å². The van der Waals surface area contributed by atoms with Gasteiger partial charge in [-0.05, 0) is 31.4 Å². The molecule has 0 radical (unpaired) electrons.